The van der Waals surface area contributed by atoms with Crippen LogP contribution in [0.2, 0.25) is 0 Å². The number of thiol groups is 1. The summed E-state index contributed by atoms with van der Waals surface area (Å²) >= 11 is 4.13. The highest BCUT2D eigenvalue weighted by atomic mass is 32.1. The van der Waals surface area contributed by atoms with Crippen LogP contribution in [0.15, 0.2) is 30.3 Å². The molecule has 1 aromatic rings. The highest BCUT2D eigenvalue weighted by molar-refractivity contribution is 7.80. The predicted molar refractivity (Wildman–Crippen MR) is 72.3 cm³/mol. The van der Waals surface area contributed by atoms with Crippen LogP contribution in [-0.4, -0.2) is 18.4 Å². The van der Waals surface area contributed by atoms with Crippen molar-refractivity contribution >= 4 is 18.7 Å². The van der Waals surface area contributed by atoms with Gasteiger partial charge in [-0.2, -0.15) is 12.6 Å². The van der Waals surface area contributed by atoms with Crippen molar-refractivity contribution in [3.63, 3.8) is 0 Å². The summed E-state index contributed by atoms with van der Waals surface area (Å²) in [6.07, 6.45) is 2.80. The quantitative estimate of drug-likeness (QED) is 0.579. The van der Waals surface area contributed by atoms with Crippen LogP contribution in [0.3, 0.4) is 0 Å². The predicted octanol–water partition coefficient (Wildman–Crippen LogP) is 3.01. The number of carbonyl (C=O) groups is 1. The fraction of sp³-hybridized carbons (Fsp3) is 0.462. The minimum atomic E-state index is -0.347. The molecule has 0 unspecified atom stereocenters. The maximum atomic E-state index is 11.3. The molecule has 0 aliphatic heterocycles. The van der Waals surface area contributed by atoms with Crippen LogP contribution < -0.4 is 5.32 Å². The van der Waals surface area contributed by atoms with E-state index < -0.39 is 0 Å². The van der Waals surface area contributed by atoms with Crippen LogP contribution in [0.1, 0.15) is 24.8 Å². The lowest BCUT2D eigenvalue weighted by Crippen LogP contribution is -2.25. The number of ether oxygens (including phenoxy) is 1. The average Bonchev–Trinajstić information content (AvgIpc) is 2.37. The van der Waals surface area contributed by atoms with Crippen molar-refractivity contribution in [2.75, 3.05) is 12.3 Å². The van der Waals surface area contributed by atoms with Crippen LogP contribution in [0.4, 0.5) is 4.79 Å². The first-order valence-electron chi connectivity index (χ1n) is 5.88. The summed E-state index contributed by atoms with van der Waals surface area (Å²) in [7, 11) is 0. The summed E-state index contributed by atoms with van der Waals surface area (Å²) in [4.78, 5) is 11.3. The second-order valence-corrected chi connectivity index (χ2v) is 4.22. The van der Waals surface area contributed by atoms with E-state index in [1.165, 1.54) is 0 Å². The van der Waals surface area contributed by atoms with Crippen molar-refractivity contribution in [1.29, 1.82) is 0 Å². The third-order valence-corrected chi connectivity index (χ3v) is 2.63. The molecule has 1 N–H and O–H groups in total. The van der Waals surface area contributed by atoms with Gasteiger partial charge < -0.3 is 10.1 Å². The number of hydrogen-bond donors (Lipinski definition) is 2. The molecule has 0 bridgehead atoms. The molecule has 0 saturated carbocycles. The molecule has 17 heavy (non-hydrogen) atoms. The summed E-state index contributed by atoms with van der Waals surface area (Å²) in [6.45, 7) is 0.991. The average molecular weight is 253 g/mol. The SMILES string of the molecule is O=C(NCCCCCS)OCc1ccccc1. The Morgan fingerprint density at radius 1 is 1.18 bits per heavy atom. The largest absolute Gasteiger partial charge is 0.445 e. The molecular weight excluding hydrogens is 234 g/mol. The Hall–Kier alpha value is -1.16. The highest BCUT2D eigenvalue weighted by Crippen LogP contribution is 2.00. The van der Waals surface area contributed by atoms with E-state index in [0.717, 1.165) is 30.6 Å². The highest BCUT2D eigenvalue weighted by Gasteiger charge is 2.00. The van der Waals surface area contributed by atoms with Crippen molar-refractivity contribution in [1.82, 2.24) is 5.32 Å². The molecule has 4 heteroatoms. The molecule has 0 aliphatic rings. The van der Waals surface area contributed by atoms with Gasteiger partial charge in [-0.15, -0.1) is 0 Å². The Morgan fingerprint density at radius 2 is 1.94 bits per heavy atom. The van der Waals surface area contributed by atoms with Gasteiger partial charge in [-0.05, 0) is 24.2 Å². The van der Waals surface area contributed by atoms with E-state index in [9.17, 15) is 4.79 Å². The van der Waals surface area contributed by atoms with E-state index in [2.05, 4.69) is 17.9 Å². The number of alkyl carbamates (subject to hydrolysis) is 1. The van der Waals surface area contributed by atoms with Gasteiger partial charge in [-0.3, -0.25) is 0 Å². The van der Waals surface area contributed by atoms with Crippen LogP contribution >= 0.6 is 12.6 Å². The molecule has 0 aliphatic carbocycles. The Morgan fingerprint density at radius 3 is 2.65 bits per heavy atom. The summed E-state index contributed by atoms with van der Waals surface area (Å²) in [5, 5.41) is 2.73. The van der Waals surface area contributed by atoms with Gasteiger partial charge in [-0.1, -0.05) is 36.8 Å². The maximum Gasteiger partial charge on any atom is 0.407 e. The van der Waals surface area contributed by atoms with Crippen molar-refractivity contribution in [3.8, 4) is 0 Å². The number of amides is 1. The van der Waals surface area contributed by atoms with Crippen molar-refractivity contribution < 1.29 is 9.53 Å². The number of unbranched alkanes of at least 4 members (excludes halogenated alkanes) is 2. The molecule has 94 valence electrons. The van der Waals surface area contributed by atoms with Gasteiger partial charge in [0.1, 0.15) is 6.61 Å². The molecule has 0 fully saturated rings. The first-order valence-corrected chi connectivity index (χ1v) is 6.51. The van der Waals surface area contributed by atoms with E-state index >= 15 is 0 Å². The van der Waals surface area contributed by atoms with Gasteiger partial charge in [0.2, 0.25) is 0 Å². The maximum absolute atomic E-state index is 11.3. The third-order valence-electron chi connectivity index (χ3n) is 2.32. The van der Waals surface area contributed by atoms with E-state index in [0.29, 0.717) is 13.2 Å². The van der Waals surface area contributed by atoms with Crippen LogP contribution in [-0.2, 0) is 11.3 Å². The van der Waals surface area contributed by atoms with Gasteiger partial charge in [0.25, 0.3) is 0 Å². The van der Waals surface area contributed by atoms with Crippen molar-refractivity contribution in [3.05, 3.63) is 35.9 Å². The third kappa shape index (κ3) is 6.89. The topological polar surface area (TPSA) is 38.3 Å². The lowest BCUT2D eigenvalue weighted by Gasteiger charge is -2.06. The Kier molecular flexibility index (Phi) is 7.30. The normalized spacial score (nSPS) is 9.94. The van der Waals surface area contributed by atoms with Crippen LogP contribution in [0.5, 0.6) is 0 Å². The Bertz CT molecular complexity index is 316. The molecule has 1 amide bonds. The molecular formula is C13H19NO2S. The Balaban J connectivity index is 2.05. The van der Waals surface area contributed by atoms with Gasteiger partial charge in [0, 0.05) is 6.54 Å². The second-order valence-electron chi connectivity index (χ2n) is 3.77. The fourth-order valence-corrected chi connectivity index (χ4v) is 1.60. The zero-order valence-electron chi connectivity index (χ0n) is 9.89. The smallest absolute Gasteiger partial charge is 0.407 e. The van der Waals surface area contributed by atoms with Crippen molar-refractivity contribution in [2.45, 2.75) is 25.9 Å². The summed E-state index contributed by atoms with van der Waals surface area (Å²) in [5.74, 6) is 0.901. The lowest BCUT2D eigenvalue weighted by molar-refractivity contribution is 0.139. The zero-order valence-corrected chi connectivity index (χ0v) is 10.8. The molecule has 3 nitrogen and oxygen atoms in total. The second kappa shape index (κ2) is 8.93. The molecule has 0 aromatic heterocycles. The monoisotopic (exact) mass is 253 g/mol. The zero-order chi connectivity index (χ0) is 12.3. The standard InChI is InChI=1S/C13H19NO2S/c15-13(14-9-5-2-6-10-17)16-11-12-7-3-1-4-8-12/h1,3-4,7-8,17H,2,5-6,9-11H2,(H,14,15). The van der Waals surface area contributed by atoms with E-state index in [1.54, 1.807) is 0 Å². The number of rotatable bonds is 7. The Labute approximate surface area is 108 Å². The lowest BCUT2D eigenvalue weighted by atomic mass is 10.2. The van der Waals surface area contributed by atoms with Gasteiger partial charge in [0.05, 0.1) is 0 Å². The van der Waals surface area contributed by atoms with Gasteiger partial charge in [-0.25, -0.2) is 4.79 Å². The molecule has 1 rings (SSSR count). The number of hydrogen-bond acceptors (Lipinski definition) is 3. The minimum absolute atomic E-state index is 0.323. The summed E-state index contributed by atoms with van der Waals surface area (Å²) in [6, 6.07) is 9.65. The molecule has 0 radical (unpaired) electrons. The summed E-state index contributed by atoms with van der Waals surface area (Å²) < 4.78 is 5.07. The number of carbonyl (C=O) groups excluding carboxylic acids is 1. The van der Waals surface area contributed by atoms with Crippen LogP contribution in [0, 0.1) is 0 Å². The van der Waals surface area contributed by atoms with Gasteiger partial charge >= 0.3 is 6.09 Å². The van der Waals surface area contributed by atoms with E-state index in [4.69, 9.17) is 4.74 Å². The van der Waals surface area contributed by atoms with Crippen LogP contribution in [0.25, 0.3) is 0 Å². The van der Waals surface area contributed by atoms with E-state index in [-0.39, 0.29) is 6.09 Å². The van der Waals surface area contributed by atoms with Crippen molar-refractivity contribution in [2.24, 2.45) is 0 Å². The number of benzene rings is 1. The van der Waals surface area contributed by atoms with E-state index in [1.807, 2.05) is 30.3 Å². The molecule has 0 spiro atoms. The summed E-state index contributed by atoms with van der Waals surface area (Å²) in [5.41, 5.74) is 0.998. The molecule has 1 aromatic carbocycles. The number of nitrogens with one attached hydrogen (secondary N) is 1. The fourth-order valence-electron chi connectivity index (χ4n) is 1.38. The molecule has 0 atom stereocenters. The molecule has 0 heterocycles. The molecule has 0 saturated heterocycles. The minimum Gasteiger partial charge on any atom is -0.445 e. The first kappa shape index (κ1) is 13.9. The van der Waals surface area contributed by atoms with Gasteiger partial charge in [0.15, 0.2) is 0 Å². The first-order chi connectivity index (χ1) is 8.33.